The van der Waals surface area contributed by atoms with Gasteiger partial charge < -0.3 is 5.11 Å². The second-order valence-electron chi connectivity index (χ2n) is 4.34. The van der Waals surface area contributed by atoms with Crippen molar-refractivity contribution in [3.05, 3.63) is 29.8 Å². The van der Waals surface area contributed by atoms with Gasteiger partial charge in [0.25, 0.3) is 0 Å². The van der Waals surface area contributed by atoms with Crippen molar-refractivity contribution < 1.29 is 18.3 Å². The molecule has 18 heavy (non-hydrogen) atoms. The molecule has 1 aromatic carbocycles. The van der Waals surface area contributed by atoms with Crippen LogP contribution in [0.2, 0.25) is 0 Å². The number of benzene rings is 1. The average Bonchev–Trinajstić information content (AvgIpc) is 2.36. The summed E-state index contributed by atoms with van der Waals surface area (Å²) in [5, 5.41) is 8.51. The van der Waals surface area contributed by atoms with Crippen molar-refractivity contribution in [2.24, 2.45) is 0 Å². The molecule has 1 N–H and O–H groups in total. The molecule has 0 aromatic heterocycles. The maximum absolute atomic E-state index is 11.8. The van der Waals surface area contributed by atoms with E-state index < -0.39 is 15.8 Å². The lowest BCUT2D eigenvalue weighted by molar-refractivity contribution is -0.136. The van der Waals surface area contributed by atoms with Crippen LogP contribution in [0.1, 0.15) is 38.2 Å². The van der Waals surface area contributed by atoms with E-state index in [1.807, 2.05) is 0 Å². The monoisotopic (exact) mass is 270 g/mol. The third-order valence-corrected chi connectivity index (χ3v) is 4.74. The van der Waals surface area contributed by atoms with E-state index >= 15 is 0 Å². The van der Waals surface area contributed by atoms with Crippen molar-refractivity contribution in [2.45, 2.75) is 37.5 Å². The van der Waals surface area contributed by atoms with Crippen LogP contribution in [-0.4, -0.2) is 25.2 Å². The van der Waals surface area contributed by atoms with Crippen LogP contribution in [0.4, 0.5) is 0 Å². The molecule has 0 saturated carbocycles. The van der Waals surface area contributed by atoms with Gasteiger partial charge >= 0.3 is 5.97 Å². The Kier molecular flexibility index (Phi) is 4.90. The van der Waals surface area contributed by atoms with Gasteiger partial charge in [-0.05, 0) is 30.0 Å². The molecule has 0 fully saturated rings. The third-order valence-electron chi connectivity index (χ3n) is 3.01. The summed E-state index contributed by atoms with van der Waals surface area (Å²) in [6.07, 6.45) is 0.626. The SMILES string of the molecule is CCC(C)c1ccc(S(=O)(=O)CCC(=O)O)cc1. The quantitative estimate of drug-likeness (QED) is 0.861. The molecule has 0 aliphatic heterocycles. The zero-order chi connectivity index (χ0) is 13.8. The number of hydrogen-bond donors (Lipinski definition) is 1. The van der Waals surface area contributed by atoms with Crippen molar-refractivity contribution in [2.75, 3.05) is 5.75 Å². The van der Waals surface area contributed by atoms with Crippen LogP contribution < -0.4 is 0 Å². The molecule has 0 amide bonds. The second kappa shape index (κ2) is 6.00. The number of rotatable bonds is 6. The zero-order valence-corrected chi connectivity index (χ0v) is 11.4. The molecule has 0 spiro atoms. The van der Waals surface area contributed by atoms with Crippen molar-refractivity contribution in [1.29, 1.82) is 0 Å². The van der Waals surface area contributed by atoms with Crippen molar-refractivity contribution in [3.63, 3.8) is 0 Å². The Labute approximate surface area is 108 Å². The molecule has 0 radical (unpaired) electrons. The lowest BCUT2D eigenvalue weighted by Crippen LogP contribution is -2.11. The first-order valence-electron chi connectivity index (χ1n) is 5.91. The van der Waals surface area contributed by atoms with Crippen LogP contribution in [-0.2, 0) is 14.6 Å². The molecule has 0 saturated heterocycles. The normalized spacial score (nSPS) is 13.2. The number of carboxylic acid groups (broad SMARTS) is 1. The smallest absolute Gasteiger partial charge is 0.304 e. The first-order chi connectivity index (χ1) is 8.36. The minimum absolute atomic E-state index is 0.191. The van der Waals surface area contributed by atoms with E-state index in [2.05, 4.69) is 13.8 Å². The molecule has 1 atom stereocenters. The molecule has 1 rings (SSSR count). The summed E-state index contributed by atoms with van der Waals surface area (Å²) < 4.78 is 23.6. The third kappa shape index (κ3) is 3.84. The summed E-state index contributed by atoms with van der Waals surface area (Å²) in [6, 6.07) is 6.70. The summed E-state index contributed by atoms with van der Waals surface area (Å²) >= 11 is 0. The fourth-order valence-electron chi connectivity index (χ4n) is 1.58. The lowest BCUT2D eigenvalue weighted by Gasteiger charge is -2.09. The summed E-state index contributed by atoms with van der Waals surface area (Å²) in [4.78, 5) is 10.6. The van der Waals surface area contributed by atoms with E-state index in [0.717, 1.165) is 12.0 Å². The number of sulfone groups is 1. The number of aliphatic carboxylic acids is 1. The Balaban J connectivity index is 2.87. The molecular formula is C13H18O4S. The first-order valence-corrected chi connectivity index (χ1v) is 7.56. The molecular weight excluding hydrogens is 252 g/mol. The number of carboxylic acids is 1. The molecule has 0 aliphatic carbocycles. The topological polar surface area (TPSA) is 71.4 Å². The standard InChI is InChI=1S/C13H18O4S/c1-3-10(2)11-4-6-12(7-5-11)18(16,17)9-8-13(14)15/h4-7,10H,3,8-9H2,1-2H3,(H,14,15). The van der Waals surface area contributed by atoms with E-state index in [1.54, 1.807) is 24.3 Å². The fourth-order valence-corrected chi connectivity index (χ4v) is 2.81. The predicted octanol–water partition coefficient (Wildman–Crippen LogP) is 2.45. The molecule has 1 aromatic rings. The predicted molar refractivity (Wildman–Crippen MR) is 69.5 cm³/mol. The minimum atomic E-state index is -3.49. The highest BCUT2D eigenvalue weighted by atomic mass is 32.2. The van der Waals surface area contributed by atoms with E-state index in [4.69, 9.17) is 5.11 Å². The lowest BCUT2D eigenvalue weighted by atomic mass is 9.99. The van der Waals surface area contributed by atoms with Gasteiger partial charge in [0.2, 0.25) is 0 Å². The average molecular weight is 270 g/mol. The van der Waals surface area contributed by atoms with Gasteiger partial charge in [0, 0.05) is 0 Å². The number of hydrogen-bond acceptors (Lipinski definition) is 3. The Morgan fingerprint density at radius 2 is 1.83 bits per heavy atom. The van der Waals surface area contributed by atoms with Crippen LogP contribution in [0.5, 0.6) is 0 Å². The van der Waals surface area contributed by atoms with Gasteiger partial charge in [-0.25, -0.2) is 8.42 Å². The highest BCUT2D eigenvalue weighted by molar-refractivity contribution is 7.91. The molecule has 1 unspecified atom stereocenters. The van der Waals surface area contributed by atoms with Crippen LogP contribution >= 0.6 is 0 Å². The van der Waals surface area contributed by atoms with Crippen LogP contribution in [0.25, 0.3) is 0 Å². The van der Waals surface area contributed by atoms with Crippen molar-refractivity contribution in [3.8, 4) is 0 Å². The van der Waals surface area contributed by atoms with E-state index in [1.165, 1.54) is 0 Å². The first kappa shape index (κ1) is 14.7. The fraction of sp³-hybridized carbons (Fsp3) is 0.462. The Hall–Kier alpha value is -1.36. The summed E-state index contributed by atoms with van der Waals surface area (Å²) in [5.41, 5.74) is 1.09. The molecule has 4 nitrogen and oxygen atoms in total. The minimum Gasteiger partial charge on any atom is -0.481 e. The van der Waals surface area contributed by atoms with E-state index in [9.17, 15) is 13.2 Å². The largest absolute Gasteiger partial charge is 0.481 e. The van der Waals surface area contributed by atoms with Crippen molar-refractivity contribution >= 4 is 15.8 Å². The van der Waals surface area contributed by atoms with Gasteiger partial charge in [0.1, 0.15) is 0 Å². The van der Waals surface area contributed by atoms with Crippen LogP contribution in [0.15, 0.2) is 29.2 Å². The molecule has 0 bridgehead atoms. The highest BCUT2D eigenvalue weighted by Gasteiger charge is 2.16. The summed E-state index contributed by atoms with van der Waals surface area (Å²) in [6.45, 7) is 4.15. The van der Waals surface area contributed by atoms with Crippen LogP contribution in [0.3, 0.4) is 0 Å². The Morgan fingerprint density at radius 1 is 1.28 bits per heavy atom. The van der Waals surface area contributed by atoms with Gasteiger partial charge in [0.15, 0.2) is 9.84 Å². The highest BCUT2D eigenvalue weighted by Crippen LogP contribution is 2.21. The molecule has 100 valence electrons. The maximum atomic E-state index is 11.8. The summed E-state index contributed by atoms with van der Waals surface area (Å²) in [7, 11) is -3.49. The van der Waals surface area contributed by atoms with E-state index in [-0.39, 0.29) is 17.1 Å². The van der Waals surface area contributed by atoms with Gasteiger partial charge in [-0.3, -0.25) is 4.79 Å². The molecule has 5 heteroatoms. The second-order valence-corrected chi connectivity index (χ2v) is 6.45. The van der Waals surface area contributed by atoms with Crippen LogP contribution in [0, 0.1) is 0 Å². The van der Waals surface area contributed by atoms with Gasteiger partial charge in [-0.15, -0.1) is 0 Å². The molecule has 0 heterocycles. The number of carbonyl (C=O) groups is 1. The molecule has 0 aliphatic rings. The Morgan fingerprint density at radius 3 is 2.28 bits per heavy atom. The van der Waals surface area contributed by atoms with Gasteiger partial charge in [-0.1, -0.05) is 26.0 Å². The maximum Gasteiger partial charge on any atom is 0.304 e. The van der Waals surface area contributed by atoms with Gasteiger partial charge in [-0.2, -0.15) is 0 Å². The van der Waals surface area contributed by atoms with E-state index in [0.29, 0.717) is 5.92 Å². The zero-order valence-electron chi connectivity index (χ0n) is 10.6. The summed E-state index contributed by atoms with van der Waals surface area (Å²) in [5.74, 6) is -1.07. The van der Waals surface area contributed by atoms with Gasteiger partial charge in [0.05, 0.1) is 17.1 Å². The Bertz CT molecular complexity index is 502. The van der Waals surface area contributed by atoms with Crippen molar-refractivity contribution in [1.82, 2.24) is 0 Å².